The summed E-state index contributed by atoms with van der Waals surface area (Å²) in [5.41, 5.74) is 7.55. The second kappa shape index (κ2) is 5.82. The molecule has 0 spiro atoms. The number of hydrogen-bond donors (Lipinski definition) is 2. The van der Waals surface area contributed by atoms with E-state index in [9.17, 15) is 0 Å². The number of aryl methyl sites for hydroxylation is 1. The summed E-state index contributed by atoms with van der Waals surface area (Å²) in [7, 11) is 0. The summed E-state index contributed by atoms with van der Waals surface area (Å²) in [6.45, 7) is 2.89. The van der Waals surface area contributed by atoms with Crippen LogP contribution < -0.4 is 11.1 Å². The summed E-state index contributed by atoms with van der Waals surface area (Å²) in [5, 5.41) is 3.38. The first-order chi connectivity index (χ1) is 8.56. The molecule has 0 saturated carbocycles. The Morgan fingerprint density at radius 2 is 2.17 bits per heavy atom. The molecule has 18 heavy (non-hydrogen) atoms. The molecule has 0 amide bonds. The first kappa shape index (κ1) is 13.5. The van der Waals surface area contributed by atoms with E-state index in [0.717, 1.165) is 22.3 Å². The summed E-state index contributed by atoms with van der Waals surface area (Å²) in [4.78, 5) is 3.02. The summed E-state index contributed by atoms with van der Waals surface area (Å²) in [6, 6.07) is 10.1. The number of benzene rings is 1. The summed E-state index contributed by atoms with van der Waals surface area (Å²) in [6.07, 6.45) is 0. The molecule has 1 heterocycles. The fourth-order valence-electron chi connectivity index (χ4n) is 1.64. The summed E-state index contributed by atoms with van der Waals surface area (Å²) < 4.78 is 1.01. The van der Waals surface area contributed by atoms with Gasteiger partial charge < -0.3 is 11.1 Å². The Morgan fingerprint density at radius 1 is 1.39 bits per heavy atom. The number of rotatable bonds is 4. The first-order valence-corrected chi connectivity index (χ1v) is 7.46. The number of halogens is 1. The van der Waals surface area contributed by atoms with Crippen LogP contribution in [0.4, 0.5) is 5.69 Å². The van der Waals surface area contributed by atoms with Crippen molar-refractivity contribution in [1.82, 2.24) is 0 Å². The van der Waals surface area contributed by atoms with Gasteiger partial charge in [0.15, 0.2) is 0 Å². The minimum Gasteiger partial charge on any atom is -0.389 e. The van der Waals surface area contributed by atoms with E-state index < -0.39 is 0 Å². The Labute approximate surface area is 124 Å². The van der Waals surface area contributed by atoms with Gasteiger partial charge in [-0.1, -0.05) is 28.1 Å². The molecule has 0 radical (unpaired) electrons. The van der Waals surface area contributed by atoms with Crippen molar-refractivity contribution >= 4 is 50.2 Å². The number of thiocarbonyl (C=S) groups is 1. The molecule has 5 heteroatoms. The molecule has 0 aliphatic carbocycles. The normalized spacial score (nSPS) is 10.3. The fraction of sp³-hybridized carbons (Fsp3) is 0.154. The quantitative estimate of drug-likeness (QED) is 0.824. The minimum absolute atomic E-state index is 0.410. The zero-order valence-corrected chi connectivity index (χ0v) is 13.1. The number of thiophene rings is 1. The van der Waals surface area contributed by atoms with Crippen molar-refractivity contribution < 1.29 is 0 Å². The molecule has 94 valence electrons. The second-order valence-electron chi connectivity index (χ2n) is 3.92. The van der Waals surface area contributed by atoms with Crippen LogP contribution >= 0.6 is 39.5 Å². The third kappa shape index (κ3) is 3.31. The molecule has 2 aromatic rings. The number of anilines is 1. The lowest BCUT2D eigenvalue weighted by Gasteiger charge is -2.11. The van der Waals surface area contributed by atoms with Crippen molar-refractivity contribution in [2.24, 2.45) is 5.73 Å². The summed E-state index contributed by atoms with van der Waals surface area (Å²) >= 11 is 10.3. The van der Waals surface area contributed by atoms with Crippen LogP contribution in [0.2, 0.25) is 0 Å². The second-order valence-corrected chi connectivity index (χ2v) is 6.65. The highest BCUT2D eigenvalue weighted by molar-refractivity contribution is 9.10. The number of nitrogens with two attached hydrogens (primary N) is 1. The van der Waals surface area contributed by atoms with E-state index in [2.05, 4.69) is 40.3 Å². The van der Waals surface area contributed by atoms with Crippen LogP contribution in [-0.2, 0) is 6.54 Å². The molecule has 1 aromatic carbocycles. The molecule has 1 aromatic heterocycles. The Hall–Kier alpha value is -0.910. The van der Waals surface area contributed by atoms with E-state index in [1.165, 1.54) is 9.75 Å². The molecule has 0 aliphatic heterocycles. The van der Waals surface area contributed by atoms with E-state index in [4.69, 9.17) is 18.0 Å². The molecular weight excluding hydrogens is 328 g/mol. The molecule has 0 atom stereocenters. The molecule has 2 nitrogen and oxygen atoms in total. The molecule has 0 aliphatic rings. The lowest BCUT2D eigenvalue weighted by atomic mass is 10.2. The van der Waals surface area contributed by atoms with Crippen molar-refractivity contribution in [2.75, 3.05) is 5.32 Å². The van der Waals surface area contributed by atoms with E-state index >= 15 is 0 Å². The summed E-state index contributed by atoms with van der Waals surface area (Å²) in [5.74, 6) is 0. The standard InChI is InChI=1S/C13H13BrN2S2/c1-8-2-4-10(18-8)7-16-12-6-9(14)3-5-11(12)13(15)17/h2-6,16H,7H2,1H3,(H2,15,17). The van der Waals surface area contributed by atoms with Crippen LogP contribution in [0, 0.1) is 6.92 Å². The van der Waals surface area contributed by atoms with Gasteiger partial charge in [0.2, 0.25) is 0 Å². The molecular formula is C13H13BrN2S2. The highest BCUT2D eigenvalue weighted by atomic mass is 79.9. The number of hydrogen-bond acceptors (Lipinski definition) is 3. The average Bonchev–Trinajstić information content (AvgIpc) is 2.72. The highest BCUT2D eigenvalue weighted by Crippen LogP contribution is 2.23. The molecule has 3 N–H and O–H groups in total. The molecule has 2 rings (SSSR count). The molecule has 0 bridgehead atoms. The van der Waals surface area contributed by atoms with Crippen molar-refractivity contribution in [3.8, 4) is 0 Å². The van der Waals surface area contributed by atoms with Gasteiger partial charge in [-0.05, 0) is 37.3 Å². The SMILES string of the molecule is Cc1ccc(CNc2cc(Br)ccc2C(N)=S)s1. The average molecular weight is 341 g/mol. The van der Waals surface area contributed by atoms with E-state index in [1.807, 2.05) is 18.2 Å². The van der Waals surface area contributed by atoms with Crippen LogP contribution in [0.3, 0.4) is 0 Å². The minimum atomic E-state index is 0.410. The fourth-order valence-corrected chi connectivity index (χ4v) is 3.01. The van der Waals surface area contributed by atoms with Crippen molar-refractivity contribution in [3.63, 3.8) is 0 Å². The first-order valence-electron chi connectivity index (χ1n) is 5.45. The van der Waals surface area contributed by atoms with Crippen LogP contribution in [0.5, 0.6) is 0 Å². The Morgan fingerprint density at radius 3 is 2.78 bits per heavy atom. The van der Waals surface area contributed by atoms with E-state index in [1.54, 1.807) is 11.3 Å². The van der Waals surface area contributed by atoms with Crippen LogP contribution in [0.1, 0.15) is 15.3 Å². The van der Waals surface area contributed by atoms with Gasteiger partial charge in [0.05, 0.1) is 0 Å². The zero-order chi connectivity index (χ0) is 13.1. The Bertz CT molecular complexity index is 578. The monoisotopic (exact) mass is 340 g/mol. The Balaban J connectivity index is 2.17. The maximum absolute atomic E-state index is 5.72. The molecule has 0 unspecified atom stereocenters. The van der Waals surface area contributed by atoms with Gasteiger partial charge in [0.25, 0.3) is 0 Å². The van der Waals surface area contributed by atoms with Gasteiger partial charge in [-0.2, -0.15) is 0 Å². The van der Waals surface area contributed by atoms with Gasteiger partial charge >= 0.3 is 0 Å². The van der Waals surface area contributed by atoms with Crippen LogP contribution in [0.15, 0.2) is 34.8 Å². The lowest BCUT2D eigenvalue weighted by Crippen LogP contribution is -2.13. The van der Waals surface area contributed by atoms with Crippen molar-refractivity contribution in [1.29, 1.82) is 0 Å². The molecule has 0 fully saturated rings. The smallest absolute Gasteiger partial charge is 0.106 e. The predicted molar refractivity (Wildman–Crippen MR) is 86.4 cm³/mol. The van der Waals surface area contributed by atoms with Gasteiger partial charge in [-0.25, -0.2) is 0 Å². The third-order valence-corrected chi connectivity index (χ3v) is 4.21. The Kier molecular flexibility index (Phi) is 4.37. The van der Waals surface area contributed by atoms with Gasteiger partial charge in [-0.3, -0.25) is 0 Å². The van der Waals surface area contributed by atoms with E-state index in [0.29, 0.717) is 4.99 Å². The van der Waals surface area contributed by atoms with Gasteiger partial charge in [-0.15, -0.1) is 11.3 Å². The van der Waals surface area contributed by atoms with Gasteiger partial charge in [0, 0.05) is 32.0 Å². The van der Waals surface area contributed by atoms with Crippen molar-refractivity contribution in [3.05, 3.63) is 50.1 Å². The zero-order valence-electron chi connectivity index (χ0n) is 9.87. The van der Waals surface area contributed by atoms with Crippen molar-refractivity contribution in [2.45, 2.75) is 13.5 Å². The van der Waals surface area contributed by atoms with Crippen LogP contribution in [0.25, 0.3) is 0 Å². The largest absolute Gasteiger partial charge is 0.389 e. The maximum atomic E-state index is 5.72. The van der Waals surface area contributed by atoms with Crippen LogP contribution in [-0.4, -0.2) is 4.99 Å². The maximum Gasteiger partial charge on any atom is 0.106 e. The topological polar surface area (TPSA) is 38.0 Å². The number of nitrogens with one attached hydrogen (secondary N) is 1. The lowest BCUT2D eigenvalue weighted by molar-refractivity contribution is 1.19. The van der Waals surface area contributed by atoms with Gasteiger partial charge in [0.1, 0.15) is 4.99 Å². The van der Waals surface area contributed by atoms with E-state index in [-0.39, 0.29) is 0 Å². The predicted octanol–water partition coefficient (Wildman–Crippen LogP) is 4.07. The third-order valence-electron chi connectivity index (χ3n) is 2.50. The highest BCUT2D eigenvalue weighted by Gasteiger charge is 2.06. The molecule has 0 saturated heterocycles.